The van der Waals surface area contributed by atoms with Crippen molar-refractivity contribution in [3.63, 3.8) is 0 Å². The Balaban J connectivity index is 2.32. The first-order chi connectivity index (χ1) is 7.86. The van der Waals surface area contributed by atoms with E-state index in [1.54, 1.807) is 0 Å². The highest BCUT2D eigenvalue weighted by molar-refractivity contribution is 5.66. The predicted molar refractivity (Wildman–Crippen MR) is 68.5 cm³/mol. The van der Waals surface area contributed by atoms with Crippen LogP contribution < -0.4 is 0 Å². The van der Waals surface area contributed by atoms with Gasteiger partial charge in [0.2, 0.25) is 0 Å². The minimum Gasteiger partial charge on any atom is -0.462 e. The van der Waals surface area contributed by atoms with E-state index < -0.39 is 0 Å². The van der Waals surface area contributed by atoms with Gasteiger partial charge in [-0.3, -0.25) is 4.79 Å². The minimum atomic E-state index is -0.168. The summed E-state index contributed by atoms with van der Waals surface area (Å²) in [5, 5.41) is 0. The van der Waals surface area contributed by atoms with Gasteiger partial charge in [0, 0.05) is 12.3 Å². The Morgan fingerprint density at radius 3 is 2.76 bits per heavy atom. The van der Waals surface area contributed by atoms with Gasteiger partial charge in [-0.15, -0.1) is 0 Å². The van der Waals surface area contributed by atoms with E-state index in [2.05, 4.69) is 39.0 Å². The molecule has 0 saturated heterocycles. The standard InChI is InChI=1S/C15H22O2/c1-11(16)17-13-8-10-15(4)9-6-5-7-12(15)14(13,2)3/h5-7,13H,8-10H2,1-4H3/t13-,15+/m0/s1. The van der Waals surface area contributed by atoms with Crippen LogP contribution in [0, 0.1) is 10.8 Å². The number of esters is 1. The van der Waals surface area contributed by atoms with Crippen LogP contribution in [0.2, 0.25) is 0 Å². The number of fused-ring (bicyclic) bond motifs is 1. The van der Waals surface area contributed by atoms with E-state index in [0.29, 0.717) is 0 Å². The second-order valence-electron chi connectivity index (χ2n) is 6.13. The molecule has 0 aromatic carbocycles. The summed E-state index contributed by atoms with van der Waals surface area (Å²) in [6, 6.07) is 0. The summed E-state index contributed by atoms with van der Waals surface area (Å²) in [6.07, 6.45) is 9.79. The van der Waals surface area contributed by atoms with Crippen molar-refractivity contribution < 1.29 is 9.53 Å². The molecule has 2 aliphatic carbocycles. The molecular weight excluding hydrogens is 212 g/mol. The van der Waals surface area contributed by atoms with Gasteiger partial charge in [0.1, 0.15) is 6.10 Å². The highest BCUT2D eigenvalue weighted by atomic mass is 16.5. The largest absolute Gasteiger partial charge is 0.462 e. The van der Waals surface area contributed by atoms with Crippen LogP contribution in [-0.4, -0.2) is 12.1 Å². The maximum absolute atomic E-state index is 11.2. The molecule has 2 atom stereocenters. The maximum atomic E-state index is 11.2. The number of ether oxygens (including phenoxy) is 1. The summed E-state index contributed by atoms with van der Waals surface area (Å²) in [5.41, 5.74) is 1.64. The fourth-order valence-corrected chi connectivity index (χ4v) is 3.42. The molecule has 2 aliphatic rings. The second kappa shape index (κ2) is 4.01. The molecule has 0 spiro atoms. The van der Waals surface area contributed by atoms with Gasteiger partial charge < -0.3 is 4.74 Å². The third kappa shape index (κ3) is 2.05. The zero-order valence-corrected chi connectivity index (χ0v) is 11.2. The molecule has 0 aromatic heterocycles. The lowest BCUT2D eigenvalue weighted by Gasteiger charge is -2.50. The van der Waals surface area contributed by atoms with E-state index in [1.165, 1.54) is 12.5 Å². The zero-order chi connectivity index (χ0) is 12.7. The molecule has 0 unspecified atom stereocenters. The number of allylic oxidation sites excluding steroid dienone is 3. The topological polar surface area (TPSA) is 26.3 Å². The molecule has 2 rings (SSSR count). The van der Waals surface area contributed by atoms with Crippen LogP contribution in [0.25, 0.3) is 0 Å². The Hall–Kier alpha value is -1.05. The average Bonchev–Trinajstić information content (AvgIpc) is 2.22. The normalized spacial score (nSPS) is 34.8. The van der Waals surface area contributed by atoms with Crippen LogP contribution in [0.5, 0.6) is 0 Å². The first kappa shape index (κ1) is 12.4. The van der Waals surface area contributed by atoms with Gasteiger partial charge in [-0.1, -0.05) is 44.6 Å². The molecule has 0 aliphatic heterocycles. The molecule has 1 saturated carbocycles. The van der Waals surface area contributed by atoms with Crippen LogP contribution in [0.4, 0.5) is 0 Å². The van der Waals surface area contributed by atoms with Gasteiger partial charge >= 0.3 is 5.97 Å². The summed E-state index contributed by atoms with van der Waals surface area (Å²) in [4.78, 5) is 11.2. The van der Waals surface area contributed by atoms with Crippen LogP contribution in [-0.2, 0) is 9.53 Å². The number of hydrogen-bond acceptors (Lipinski definition) is 2. The van der Waals surface area contributed by atoms with Crippen LogP contribution in [0.15, 0.2) is 23.8 Å². The number of hydrogen-bond donors (Lipinski definition) is 0. The average molecular weight is 234 g/mol. The van der Waals surface area contributed by atoms with Crippen molar-refractivity contribution >= 4 is 5.97 Å². The molecule has 94 valence electrons. The smallest absolute Gasteiger partial charge is 0.302 e. The van der Waals surface area contributed by atoms with Crippen molar-refractivity contribution in [2.75, 3.05) is 0 Å². The van der Waals surface area contributed by atoms with Crippen molar-refractivity contribution in [2.24, 2.45) is 10.8 Å². The Morgan fingerprint density at radius 2 is 2.12 bits per heavy atom. The summed E-state index contributed by atoms with van der Waals surface area (Å²) in [6.45, 7) is 8.22. The van der Waals surface area contributed by atoms with E-state index in [0.717, 1.165) is 19.3 Å². The van der Waals surface area contributed by atoms with Gasteiger partial charge in [-0.2, -0.15) is 0 Å². The van der Waals surface area contributed by atoms with Crippen molar-refractivity contribution in [3.05, 3.63) is 23.8 Å². The Morgan fingerprint density at radius 1 is 1.41 bits per heavy atom. The predicted octanol–water partition coefficient (Wildman–Crippen LogP) is 3.63. The van der Waals surface area contributed by atoms with Crippen molar-refractivity contribution in [3.8, 4) is 0 Å². The SMILES string of the molecule is CC(=O)O[C@H]1CC[C@@]2(C)CC=CC=C2C1(C)C. The zero-order valence-electron chi connectivity index (χ0n) is 11.2. The molecule has 0 aromatic rings. The molecule has 0 N–H and O–H groups in total. The molecular formula is C15H22O2. The van der Waals surface area contributed by atoms with Crippen molar-refractivity contribution in [2.45, 2.75) is 53.1 Å². The van der Waals surface area contributed by atoms with Crippen LogP contribution in [0.1, 0.15) is 47.0 Å². The van der Waals surface area contributed by atoms with E-state index in [1.807, 2.05) is 0 Å². The second-order valence-corrected chi connectivity index (χ2v) is 6.13. The van der Waals surface area contributed by atoms with Gasteiger partial charge in [0.15, 0.2) is 0 Å². The molecule has 0 amide bonds. The lowest BCUT2D eigenvalue weighted by atomic mass is 9.57. The van der Waals surface area contributed by atoms with E-state index in [4.69, 9.17) is 4.74 Å². The summed E-state index contributed by atoms with van der Waals surface area (Å²) in [7, 11) is 0. The molecule has 0 radical (unpaired) electrons. The Labute approximate surface area is 104 Å². The molecule has 17 heavy (non-hydrogen) atoms. The third-order valence-corrected chi connectivity index (χ3v) is 4.38. The van der Waals surface area contributed by atoms with E-state index in [9.17, 15) is 4.79 Å². The molecule has 2 nitrogen and oxygen atoms in total. The Kier molecular flexibility index (Phi) is 2.92. The fourth-order valence-electron chi connectivity index (χ4n) is 3.42. The highest BCUT2D eigenvalue weighted by Crippen LogP contribution is 2.54. The van der Waals surface area contributed by atoms with Crippen LogP contribution >= 0.6 is 0 Å². The monoisotopic (exact) mass is 234 g/mol. The molecule has 0 bridgehead atoms. The quantitative estimate of drug-likeness (QED) is 0.648. The summed E-state index contributed by atoms with van der Waals surface area (Å²) in [5.74, 6) is -0.168. The van der Waals surface area contributed by atoms with Gasteiger partial charge in [0.05, 0.1) is 0 Å². The maximum Gasteiger partial charge on any atom is 0.302 e. The van der Waals surface area contributed by atoms with Crippen LogP contribution in [0.3, 0.4) is 0 Å². The molecule has 0 heterocycles. The highest BCUT2D eigenvalue weighted by Gasteiger charge is 2.48. The van der Waals surface area contributed by atoms with Gasteiger partial charge in [0.25, 0.3) is 0 Å². The number of carbonyl (C=O) groups excluding carboxylic acids is 1. The van der Waals surface area contributed by atoms with Gasteiger partial charge in [-0.25, -0.2) is 0 Å². The lowest BCUT2D eigenvalue weighted by molar-refractivity contribution is -0.154. The minimum absolute atomic E-state index is 0.0193. The fraction of sp³-hybridized carbons (Fsp3) is 0.667. The number of carbonyl (C=O) groups is 1. The first-order valence-corrected chi connectivity index (χ1v) is 6.41. The van der Waals surface area contributed by atoms with Crippen molar-refractivity contribution in [1.29, 1.82) is 0 Å². The van der Waals surface area contributed by atoms with E-state index in [-0.39, 0.29) is 22.9 Å². The molecule has 2 heteroatoms. The van der Waals surface area contributed by atoms with Crippen molar-refractivity contribution in [1.82, 2.24) is 0 Å². The summed E-state index contributed by atoms with van der Waals surface area (Å²) < 4.78 is 5.50. The van der Waals surface area contributed by atoms with E-state index >= 15 is 0 Å². The number of rotatable bonds is 1. The molecule has 1 fully saturated rings. The summed E-state index contributed by atoms with van der Waals surface area (Å²) >= 11 is 0. The lowest BCUT2D eigenvalue weighted by Crippen LogP contribution is -2.46. The third-order valence-electron chi connectivity index (χ3n) is 4.38. The van der Waals surface area contributed by atoms with Gasteiger partial charge in [-0.05, 0) is 24.7 Å². The first-order valence-electron chi connectivity index (χ1n) is 6.41. The Bertz CT molecular complexity index is 390.